The Kier molecular flexibility index (Phi) is 18.2. The minimum atomic E-state index is -0.435. The minimum absolute atomic E-state index is 0.228. The molecule has 0 saturated heterocycles. The van der Waals surface area contributed by atoms with E-state index in [4.69, 9.17) is 48.9 Å². The second-order valence-electron chi connectivity index (χ2n) is 25.4. The number of aromatic nitrogens is 12. The number of hydrogen-bond donors (Lipinski definition) is 4. The van der Waals surface area contributed by atoms with Crippen molar-refractivity contribution >= 4 is 117 Å². The summed E-state index contributed by atoms with van der Waals surface area (Å²) < 4.78 is 25.5. The van der Waals surface area contributed by atoms with Crippen molar-refractivity contribution in [3.05, 3.63) is 249 Å². The van der Waals surface area contributed by atoms with Gasteiger partial charge in [0, 0.05) is 83.2 Å². The summed E-state index contributed by atoms with van der Waals surface area (Å²) in [7, 11) is 3.88. The van der Waals surface area contributed by atoms with Crippen LogP contribution in [0.3, 0.4) is 0 Å². The molecule has 12 aromatic rings. The Bertz CT molecular complexity index is 5840. The zero-order valence-corrected chi connectivity index (χ0v) is 59.5. The first kappa shape index (κ1) is 68.0. The molecule has 0 radical (unpaired) electrons. The van der Waals surface area contributed by atoms with Crippen molar-refractivity contribution in [2.24, 2.45) is 14.1 Å². The van der Waals surface area contributed by atoms with Crippen LogP contribution in [-0.2, 0) is 33.0 Å². The summed E-state index contributed by atoms with van der Waals surface area (Å²) in [5, 5.41) is 0. The molecule has 0 fully saturated rings. The van der Waals surface area contributed by atoms with Crippen LogP contribution in [0.25, 0.3) is 160 Å². The van der Waals surface area contributed by atoms with E-state index in [1.165, 1.54) is 0 Å². The first-order valence-electron chi connectivity index (χ1n) is 35.2. The lowest BCUT2D eigenvalue weighted by Crippen LogP contribution is -2.04. The third-order valence-electron chi connectivity index (χ3n) is 18.8. The lowest BCUT2D eigenvalue weighted by atomic mass is 10.0. The van der Waals surface area contributed by atoms with E-state index >= 15 is 0 Å². The van der Waals surface area contributed by atoms with E-state index in [1.807, 2.05) is 181 Å². The average Bonchev–Trinajstić information content (AvgIpc) is 1.62. The predicted molar refractivity (Wildman–Crippen MR) is 421 cm³/mol. The van der Waals surface area contributed by atoms with Gasteiger partial charge in [-0.3, -0.25) is 0 Å². The molecule has 0 spiro atoms. The van der Waals surface area contributed by atoms with Gasteiger partial charge in [-0.2, -0.15) is 0 Å². The normalized spacial score (nSPS) is 11.8. The van der Waals surface area contributed by atoms with E-state index < -0.39 is 23.9 Å². The average molecular weight is 1420 g/mol. The van der Waals surface area contributed by atoms with Crippen LogP contribution in [0.5, 0.6) is 0 Å². The molecule has 4 N–H and O–H groups in total. The first-order valence-corrected chi connectivity index (χ1v) is 35.2. The van der Waals surface area contributed by atoms with Gasteiger partial charge in [-0.1, -0.05) is 48.5 Å². The standard InChI is InChI=1S/C88H66N12O8/c1-7-105-85(101)55-23-15-51(16-24-55)77-65-35-31-61(91-65)59(62-32-36-66(92-62)78(52-17-25-56(26-18-52)86(102)106-8-2)70-40-44-74(96-70)81(73-43-39-69(77)95-73)83-89-47-49-99(83)5)13-11-12-14-60-63-33-37-67(93-63)79(53-19-27-57(28-20-53)87(103)107-9-3)71-41-45-75(97-71)82(84-90-48-50-100(84)6)76-46-42-72(98-76)80(68-38-34-64(60)94-68)54-21-29-58(30-22-54)88(104)108-10-4/h15-50,91,93,96,98H,7-10H2,1-6H3. The second kappa shape index (κ2) is 29.0. The lowest BCUT2D eigenvalue weighted by molar-refractivity contribution is 0.0517. The zero-order chi connectivity index (χ0) is 74.1. The Morgan fingerprint density at radius 2 is 0.546 bits per heavy atom. The molecular weight excluding hydrogens is 1350 g/mol. The quantitative estimate of drug-likeness (QED) is 0.0449. The fraction of sp³-hybridized carbons (Fsp3) is 0.114. The number of carbonyl (C=O) groups is 4. The van der Waals surface area contributed by atoms with E-state index in [1.54, 1.807) is 88.6 Å². The largest absolute Gasteiger partial charge is 0.462 e. The van der Waals surface area contributed by atoms with Crippen molar-refractivity contribution in [2.75, 3.05) is 26.4 Å². The minimum Gasteiger partial charge on any atom is -0.462 e. The molecule has 108 heavy (non-hydrogen) atoms. The van der Waals surface area contributed by atoms with Crippen molar-refractivity contribution in [3.8, 4) is 91.0 Å². The number of benzene rings is 4. The van der Waals surface area contributed by atoms with E-state index in [-0.39, 0.29) is 26.4 Å². The molecule has 20 heteroatoms. The van der Waals surface area contributed by atoms with Crippen molar-refractivity contribution in [3.63, 3.8) is 0 Å². The maximum absolute atomic E-state index is 13.1. The predicted octanol–water partition coefficient (Wildman–Crippen LogP) is 17.2. The van der Waals surface area contributed by atoms with Crippen LogP contribution in [0, 0.1) is 23.7 Å². The van der Waals surface area contributed by atoms with Crippen LogP contribution >= 0.6 is 0 Å². The smallest absolute Gasteiger partial charge is 0.338 e. The molecule has 4 aliphatic heterocycles. The number of fused-ring (bicyclic) bond motifs is 16. The van der Waals surface area contributed by atoms with Crippen molar-refractivity contribution in [2.45, 2.75) is 27.7 Å². The summed E-state index contributed by atoms with van der Waals surface area (Å²) >= 11 is 0. The number of hydrogen-bond acceptors (Lipinski definition) is 14. The van der Waals surface area contributed by atoms with Gasteiger partial charge < -0.3 is 48.0 Å². The van der Waals surface area contributed by atoms with Crippen LogP contribution in [0.2, 0.25) is 0 Å². The molecule has 8 aromatic heterocycles. The number of rotatable bonds is 14. The number of ether oxygens (including phenoxy) is 4. The SMILES string of the molecule is CCOC(=O)c1ccc(-c2c3nc(c(-c4nccn4C)c4ccc([nH]4)c(-c4ccc(C(=O)OCC)cc4)c4nc(c(C#CC#Cc5c6nc(c(-c7ccc(C(=O)OCC)cc7)c7ccc([nH]7)c(-c7nccn7C)c7nc(c(-c8ccc(C(=O)OCC)cc8)c8ccc5[nH]8)C=C7)C=C6)c5ccc2[nH]5)C=C4)C=C3)cc1. The lowest BCUT2D eigenvalue weighted by Gasteiger charge is -2.07. The fourth-order valence-electron chi connectivity index (χ4n) is 13.7. The number of H-pyrrole nitrogens is 4. The van der Waals surface area contributed by atoms with Gasteiger partial charge in [0.2, 0.25) is 0 Å². The van der Waals surface area contributed by atoms with Gasteiger partial charge in [-0.15, -0.1) is 0 Å². The highest BCUT2D eigenvalue weighted by atomic mass is 16.5. The molecule has 16 rings (SSSR count). The summed E-state index contributed by atoms with van der Waals surface area (Å²) in [4.78, 5) is 98.7. The Labute approximate surface area is 619 Å². The summed E-state index contributed by atoms with van der Waals surface area (Å²) in [6, 6.07) is 44.9. The van der Waals surface area contributed by atoms with Crippen molar-refractivity contribution in [1.82, 2.24) is 59.0 Å². The number of imidazole rings is 2. The summed E-state index contributed by atoms with van der Waals surface area (Å²) in [6.07, 6.45) is 22.9. The molecule has 20 nitrogen and oxygen atoms in total. The van der Waals surface area contributed by atoms with E-state index in [2.05, 4.69) is 43.6 Å². The highest BCUT2D eigenvalue weighted by Gasteiger charge is 2.24. The number of aryl methyl sites for hydroxylation is 2. The highest BCUT2D eigenvalue weighted by molar-refractivity contribution is 6.02. The molecule has 12 heterocycles. The van der Waals surface area contributed by atoms with Crippen molar-refractivity contribution < 1.29 is 38.1 Å². The molecule has 526 valence electrons. The fourth-order valence-corrected chi connectivity index (χ4v) is 13.7. The molecule has 4 aromatic carbocycles. The zero-order valence-electron chi connectivity index (χ0n) is 59.5. The molecule has 0 saturated carbocycles. The molecule has 0 aliphatic carbocycles. The third kappa shape index (κ3) is 13.0. The van der Waals surface area contributed by atoms with Gasteiger partial charge in [0.05, 0.1) is 139 Å². The van der Waals surface area contributed by atoms with Crippen LogP contribution in [-0.4, -0.2) is 109 Å². The van der Waals surface area contributed by atoms with E-state index in [0.717, 1.165) is 77.7 Å². The molecule has 4 aliphatic rings. The number of nitrogens with one attached hydrogen (secondary N) is 4. The molecular formula is C88H66N12O8. The monoisotopic (exact) mass is 1420 g/mol. The van der Waals surface area contributed by atoms with Gasteiger partial charge in [0.25, 0.3) is 0 Å². The van der Waals surface area contributed by atoms with Crippen molar-refractivity contribution in [1.29, 1.82) is 0 Å². The first-order chi connectivity index (χ1) is 52.8. The number of nitrogens with zero attached hydrogens (tertiary/aromatic N) is 8. The van der Waals surface area contributed by atoms with E-state index in [0.29, 0.717) is 113 Å². The van der Waals surface area contributed by atoms with E-state index in [9.17, 15) is 19.2 Å². The van der Waals surface area contributed by atoms with Gasteiger partial charge >= 0.3 is 23.9 Å². The number of esters is 4. The maximum Gasteiger partial charge on any atom is 0.338 e. The maximum atomic E-state index is 13.1. The van der Waals surface area contributed by atoms with Gasteiger partial charge in [0.1, 0.15) is 11.6 Å². The van der Waals surface area contributed by atoms with Gasteiger partial charge in [-0.25, -0.2) is 49.1 Å². The molecule has 0 atom stereocenters. The van der Waals surface area contributed by atoms with Gasteiger partial charge in [-0.05, 0) is 219 Å². The number of aromatic amines is 4. The Morgan fingerprint density at radius 1 is 0.315 bits per heavy atom. The van der Waals surface area contributed by atoms with Crippen LogP contribution in [0.1, 0.15) is 126 Å². The molecule has 16 bridgehead atoms. The second-order valence-corrected chi connectivity index (χ2v) is 25.4. The molecule has 0 amide bonds. The third-order valence-corrected chi connectivity index (χ3v) is 18.8. The van der Waals surface area contributed by atoms with Crippen LogP contribution < -0.4 is 0 Å². The van der Waals surface area contributed by atoms with Crippen LogP contribution in [0.4, 0.5) is 0 Å². The Balaban J connectivity index is 0.951. The Morgan fingerprint density at radius 3 is 0.806 bits per heavy atom. The number of carbonyl (C=O) groups excluding carboxylic acids is 4. The summed E-state index contributed by atoms with van der Waals surface area (Å²) in [6.45, 7) is 8.01. The van der Waals surface area contributed by atoms with Gasteiger partial charge in [0.15, 0.2) is 0 Å². The Hall–Kier alpha value is -14.5. The summed E-state index contributed by atoms with van der Waals surface area (Å²) in [5.74, 6) is 13.1. The summed E-state index contributed by atoms with van der Waals surface area (Å²) in [5.41, 5.74) is 20.4. The molecule has 0 unspecified atom stereocenters. The topological polar surface area (TPSA) is 256 Å². The highest BCUT2D eigenvalue weighted by Crippen LogP contribution is 2.40. The van der Waals surface area contributed by atoms with Crippen LogP contribution in [0.15, 0.2) is 170 Å².